The van der Waals surface area contributed by atoms with Gasteiger partial charge >= 0.3 is 10.2 Å². The van der Waals surface area contributed by atoms with Gasteiger partial charge in [-0.15, -0.1) is 3.89 Å². The molecule has 0 spiro atoms. The molecule has 3 nitrogen and oxygen atoms in total. The van der Waals surface area contributed by atoms with Crippen molar-refractivity contribution in [2.45, 2.75) is 5.75 Å². The summed E-state index contributed by atoms with van der Waals surface area (Å²) in [7, 11) is -4.76. The normalized spacial score (nSPS) is 11.6. The smallest absolute Gasteiger partial charge is 0.226 e. The molecule has 1 rings (SSSR count). The maximum absolute atomic E-state index is 12.7. The van der Waals surface area contributed by atoms with Gasteiger partial charge in [0.25, 0.3) is 0 Å². The number of aromatic nitrogens is 1. The molecule has 0 saturated heterocycles. The Morgan fingerprint density at radius 1 is 1.54 bits per heavy atom. The molecule has 0 unspecified atom stereocenters. The number of hydrogen-bond donors (Lipinski definition) is 0. The van der Waals surface area contributed by atoms with Crippen molar-refractivity contribution in [3.63, 3.8) is 0 Å². The van der Waals surface area contributed by atoms with Crippen molar-refractivity contribution in [1.29, 1.82) is 0 Å². The summed E-state index contributed by atoms with van der Waals surface area (Å²) in [6, 6.07) is 1.01. The van der Waals surface area contributed by atoms with Gasteiger partial charge in [0.15, 0.2) is 0 Å². The highest BCUT2D eigenvalue weighted by molar-refractivity contribution is 7.85. The second-order valence-electron chi connectivity index (χ2n) is 2.29. The van der Waals surface area contributed by atoms with Crippen molar-refractivity contribution in [3.05, 3.63) is 28.8 Å². The molecular weight excluding hydrogens is 224 g/mol. The third-order valence-corrected chi connectivity index (χ3v) is 2.07. The van der Waals surface area contributed by atoms with Gasteiger partial charge in [0.2, 0.25) is 5.95 Å². The topological polar surface area (TPSA) is 47.0 Å². The molecule has 0 N–H and O–H groups in total. The lowest BCUT2D eigenvalue weighted by Crippen LogP contribution is -2.00. The Hall–Kier alpha value is -0.750. The molecule has 0 aliphatic carbocycles. The molecule has 0 aliphatic rings. The highest BCUT2D eigenvalue weighted by Gasteiger charge is 2.14. The van der Waals surface area contributed by atoms with Gasteiger partial charge in [-0.05, 0) is 6.07 Å². The van der Waals surface area contributed by atoms with Crippen LogP contribution >= 0.6 is 11.6 Å². The van der Waals surface area contributed by atoms with Crippen LogP contribution in [0.1, 0.15) is 5.56 Å². The molecule has 0 aliphatic heterocycles. The second-order valence-corrected chi connectivity index (χ2v) is 4.09. The largest absolute Gasteiger partial charge is 0.306 e. The van der Waals surface area contributed by atoms with Crippen molar-refractivity contribution >= 4 is 21.8 Å². The van der Waals surface area contributed by atoms with Gasteiger partial charge in [-0.2, -0.15) is 12.8 Å². The van der Waals surface area contributed by atoms with E-state index in [2.05, 4.69) is 4.98 Å². The third-order valence-electron chi connectivity index (χ3n) is 1.21. The lowest BCUT2D eigenvalue weighted by molar-refractivity contribution is 0.541. The van der Waals surface area contributed by atoms with Crippen LogP contribution in [0.3, 0.4) is 0 Å². The van der Waals surface area contributed by atoms with E-state index in [-0.39, 0.29) is 10.6 Å². The van der Waals surface area contributed by atoms with Crippen LogP contribution in [0.15, 0.2) is 12.3 Å². The first kappa shape index (κ1) is 10.3. The van der Waals surface area contributed by atoms with E-state index >= 15 is 0 Å². The molecule has 0 aromatic carbocycles. The molecule has 1 aromatic rings. The predicted molar refractivity (Wildman–Crippen MR) is 42.9 cm³/mol. The van der Waals surface area contributed by atoms with Crippen LogP contribution < -0.4 is 0 Å². The summed E-state index contributed by atoms with van der Waals surface area (Å²) < 4.78 is 45.1. The maximum Gasteiger partial charge on any atom is 0.306 e. The van der Waals surface area contributed by atoms with Gasteiger partial charge in [-0.3, -0.25) is 0 Å². The fraction of sp³-hybridized carbons (Fsp3) is 0.167. The average Bonchev–Trinajstić information content (AvgIpc) is 1.94. The molecule has 0 atom stereocenters. The Morgan fingerprint density at radius 2 is 2.15 bits per heavy atom. The monoisotopic (exact) mass is 227 g/mol. The van der Waals surface area contributed by atoms with Crippen LogP contribution in [-0.4, -0.2) is 13.4 Å². The first-order chi connectivity index (χ1) is 5.88. The second kappa shape index (κ2) is 3.55. The van der Waals surface area contributed by atoms with Gasteiger partial charge in [-0.25, -0.2) is 4.98 Å². The number of pyridine rings is 1. The summed E-state index contributed by atoms with van der Waals surface area (Å²) in [6.45, 7) is 0. The summed E-state index contributed by atoms with van der Waals surface area (Å²) in [6.07, 6.45) is 1.01. The van der Waals surface area contributed by atoms with E-state index < -0.39 is 21.9 Å². The van der Waals surface area contributed by atoms with Crippen molar-refractivity contribution in [2.24, 2.45) is 0 Å². The van der Waals surface area contributed by atoms with Crippen molar-refractivity contribution < 1.29 is 16.7 Å². The maximum atomic E-state index is 12.7. The molecule has 7 heteroatoms. The van der Waals surface area contributed by atoms with Crippen LogP contribution in [-0.2, 0) is 16.0 Å². The van der Waals surface area contributed by atoms with Crippen molar-refractivity contribution in [2.75, 3.05) is 0 Å². The van der Waals surface area contributed by atoms with E-state index in [9.17, 15) is 16.7 Å². The zero-order valence-electron chi connectivity index (χ0n) is 6.17. The number of nitrogens with zero attached hydrogens (tertiary/aromatic N) is 1. The highest BCUT2D eigenvalue weighted by Crippen LogP contribution is 2.15. The van der Waals surface area contributed by atoms with Crippen LogP contribution in [0.2, 0.25) is 5.02 Å². The minimum atomic E-state index is -4.76. The Balaban J connectivity index is 3.08. The zero-order valence-corrected chi connectivity index (χ0v) is 7.74. The molecule has 0 radical (unpaired) electrons. The Bertz CT molecular complexity index is 421. The van der Waals surface area contributed by atoms with Gasteiger partial charge < -0.3 is 0 Å². The number of rotatable bonds is 2. The molecule has 0 saturated carbocycles. The van der Waals surface area contributed by atoms with Crippen LogP contribution in [0.4, 0.5) is 8.28 Å². The van der Waals surface area contributed by atoms with Crippen LogP contribution in [0.5, 0.6) is 0 Å². The van der Waals surface area contributed by atoms with Crippen molar-refractivity contribution in [1.82, 2.24) is 4.98 Å². The Labute approximate surface area is 78.6 Å². The number of halogens is 3. The first-order valence-electron chi connectivity index (χ1n) is 3.11. The fourth-order valence-corrected chi connectivity index (χ4v) is 1.51. The van der Waals surface area contributed by atoms with Crippen LogP contribution in [0.25, 0.3) is 0 Å². The van der Waals surface area contributed by atoms with E-state index in [0.29, 0.717) is 0 Å². The summed E-state index contributed by atoms with van der Waals surface area (Å²) in [5, 5.41) is 0.0556. The van der Waals surface area contributed by atoms with E-state index in [4.69, 9.17) is 11.6 Å². The van der Waals surface area contributed by atoms with Crippen LogP contribution in [0, 0.1) is 5.95 Å². The highest BCUT2D eigenvalue weighted by atomic mass is 35.5. The fourth-order valence-electron chi connectivity index (χ4n) is 0.751. The summed E-state index contributed by atoms with van der Waals surface area (Å²) >= 11 is 5.40. The van der Waals surface area contributed by atoms with Gasteiger partial charge in [0.1, 0.15) is 5.75 Å². The predicted octanol–water partition coefficient (Wildman–Crippen LogP) is 1.67. The molecule has 13 heavy (non-hydrogen) atoms. The average molecular weight is 228 g/mol. The van der Waals surface area contributed by atoms with Gasteiger partial charge in [0, 0.05) is 11.8 Å². The lowest BCUT2D eigenvalue weighted by atomic mass is 10.3. The van der Waals surface area contributed by atoms with E-state index in [1.165, 1.54) is 0 Å². The SMILES string of the molecule is O=S(=O)(F)Cc1cc(Cl)cnc1F. The molecular formula is C6H4ClF2NO2S. The molecule has 1 heterocycles. The Morgan fingerprint density at radius 3 is 2.69 bits per heavy atom. The third kappa shape index (κ3) is 3.23. The minimum absolute atomic E-state index is 0.0556. The van der Waals surface area contributed by atoms with Gasteiger partial charge in [-0.1, -0.05) is 11.6 Å². The Kier molecular flexibility index (Phi) is 2.82. The van der Waals surface area contributed by atoms with E-state index in [0.717, 1.165) is 12.3 Å². The lowest BCUT2D eigenvalue weighted by Gasteiger charge is -1.98. The molecule has 0 amide bonds. The first-order valence-corrected chi connectivity index (χ1v) is 5.04. The number of hydrogen-bond acceptors (Lipinski definition) is 3. The summed E-state index contributed by atoms with van der Waals surface area (Å²) in [5.74, 6) is -2.09. The summed E-state index contributed by atoms with van der Waals surface area (Å²) in [5.41, 5.74) is -0.380. The molecule has 0 fully saturated rings. The molecule has 72 valence electrons. The minimum Gasteiger partial charge on any atom is -0.226 e. The summed E-state index contributed by atoms with van der Waals surface area (Å²) in [4.78, 5) is 3.13. The molecule has 1 aromatic heterocycles. The van der Waals surface area contributed by atoms with E-state index in [1.807, 2.05) is 0 Å². The zero-order chi connectivity index (χ0) is 10.1. The molecule has 0 bridgehead atoms. The van der Waals surface area contributed by atoms with Gasteiger partial charge in [0.05, 0.1) is 5.02 Å². The van der Waals surface area contributed by atoms with Crippen molar-refractivity contribution in [3.8, 4) is 0 Å². The standard InChI is InChI=1S/C6H4ClF2NO2S/c7-5-1-4(3-13(9,11)12)6(8)10-2-5/h1-2H,3H2. The quantitative estimate of drug-likeness (QED) is 0.570. The van der Waals surface area contributed by atoms with E-state index in [1.54, 1.807) is 0 Å².